The zero-order valence-electron chi connectivity index (χ0n) is 10.9. The molecule has 0 saturated carbocycles. The number of hydrogen-bond donors (Lipinski definition) is 2. The molecule has 1 aliphatic rings. The maximum atomic E-state index is 12.1. The molecule has 0 spiro atoms. The first-order valence-electron chi connectivity index (χ1n) is 6.45. The van der Waals surface area contributed by atoms with E-state index in [1.807, 2.05) is 19.1 Å². The minimum atomic E-state index is -3.27. The first-order valence-corrected chi connectivity index (χ1v) is 8.48. The quantitative estimate of drug-likeness (QED) is 0.875. The number of rotatable bonds is 5. The maximum absolute atomic E-state index is 12.1. The van der Waals surface area contributed by atoms with Crippen LogP contribution < -0.4 is 10.0 Å². The van der Waals surface area contributed by atoms with Crippen molar-refractivity contribution in [3.63, 3.8) is 0 Å². The summed E-state index contributed by atoms with van der Waals surface area (Å²) in [5.41, 5.74) is 0.910. The fourth-order valence-electron chi connectivity index (χ4n) is 2.30. The summed E-state index contributed by atoms with van der Waals surface area (Å²) in [6, 6.07) is 7.03. The fraction of sp³-hybridized carbons (Fsp3) is 0.538. The Labute approximate surface area is 119 Å². The molecule has 2 atom stereocenters. The molecular weight excluding hydrogens is 284 g/mol. The lowest BCUT2D eigenvalue weighted by molar-refractivity contribution is 0.551. The Kier molecular flexibility index (Phi) is 4.84. The second-order valence-electron chi connectivity index (χ2n) is 4.97. The highest BCUT2D eigenvalue weighted by Gasteiger charge is 2.23. The van der Waals surface area contributed by atoms with Crippen LogP contribution >= 0.6 is 11.6 Å². The van der Waals surface area contributed by atoms with Crippen molar-refractivity contribution in [2.75, 3.05) is 12.3 Å². The zero-order valence-corrected chi connectivity index (χ0v) is 12.5. The second-order valence-corrected chi connectivity index (χ2v) is 7.20. The maximum Gasteiger partial charge on any atom is 0.213 e. The van der Waals surface area contributed by atoms with Crippen LogP contribution in [0.1, 0.15) is 31.4 Å². The largest absolute Gasteiger partial charge is 0.313 e. The topological polar surface area (TPSA) is 58.2 Å². The smallest absolute Gasteiger partial charge is 0.213 e. The van der Waals surface area contributed by atoms with Crippen LogP contribution in [0, 0.1) is 0 Å². The lowest BCUT2D eigenvalue weighted by Crippen LogP contribution is -2.37. The summed E-state index contributed by atoms with van der Waals surface area (Å²) in [4.78, 5) is 0. The van der Waals surface area contributed by atoms with Crippen molar-refractivity contribution in [3.05, 3.63) is 34.9 Å². The molecular formula is C13H19ClN2O2S. The molecule has 0 bridgehead atoms. The molecule has 1 aromatic carbocycles. The minimum Gasteiger partial charge on any atom is -0.313 e. The van der Waals surface area contributed by atoms with Gasteiger partial charge in [0.1, 0.15) is 0 Å². The van der Waals surface area contributed by atoms with E-state index in [0.29, 0.717) is 5.02 Å². The lowest BCUT2D eigenvalue weighted by Gasteiger charge is -2.17. The van der Waals surface area contributed by atoms with Crippen molar-refractivity contribution in [1.29, 1.82) is 0 Å². The van der Waals surface area contributed by atoms with Crippen molar-refractivity contribution in [2.45, 2.75) is 31.8 Å². The van der Waals surface area contributed by atoms with Crippen LogP contribution in [-0.4, -0.2) is 26.8 Å². The van der Waals surface area contributed by atoms with Crippen LogP contribution in [0.2, 0.25) is 5.02 Å². The third kappa shape index (κ3) is 4.45. The van der Waals surface area contributed by atoms with E-state index >= 15 is 0 Å². The van der Waals surface area contributed by atoms with E-state index in [-0.39, 0.29) is 17.8 Å². The Morgan fingerprint density at radius 1 is 1.42 bits per heavy atom. The van der Waals surface area contributed by atoms with Gasteiger partial charge >= 0.3 is 0 Å². The molecule has 1 fully saturated rings. The van der Waals surface area contributed by atoms with Gasteiger partial charge in [0.05, 0.1) is 5.75 Å². The monoisotopic (exact) mass is 302 g/mol. The third-order valence-electron chi connectivity index (χ3n) is 3.31. The summed E-state index contributed by atoms with van der Waals surface area (Å²) >= 11 is 5.82. The van der Waals surface area contributed by atoms with Gasteiger partial charge < -0.3 is 5.32 Å². The van der Waals surface area contributed by atoms with Crippen LogP contribution in [0.5, 0.6) is 0 Å². The van der Waals surface area contributed by atoms with Crippen LogP contribution in [0.3, 0.4) is 0 Å². The van der Waals surface area contributed by atoms with Gasteiger partial charge in [0, 0.05) is 17.1 Å². The van der Waals surface area contributed by atoms with Gasteiger partial charge in [0.15, 0.2) is 0 Å². The summed E-state index contributed by atoms with van der Waals surface area (Å²) in [6.45, 7) is 2.75. The highest BCUT2D eigenvalue weighted by molar-refractivity contribution is 7.89. The van der Waals surface area contributed by atoms with E-state index in [4.69, 9.17) is 11.6 Å². The molecule has 106 valence electrons. The normalized spacial score (nSPS) is 21.5. The Balaban J connectivity index is 1.96. The molecule has 1 aliphatic heterocycles. The van der Waals surface area contributed by atoms with Gasteiger partial charge in [-0.15, -0.1) is 0 Å². The van der Waals surface area contributed by atoms with Crippen molar-refractivity contribution in [3.8, 4) is 0 Å². The van der Waals surface area contributed by atoms with E-state index in [1.165, 1.54) is 0 Å². The van der Waals surface area contributed by atoms with Crippen molar-refractivity contribution in [2.24, 2.45) is 0 Å². The van der Waals surface area contributed by atoms with Gasteiger partial charge in [-0.05, 0) is 44.0 Å². The SMILES string of the molecule is CC(NS(=O)(=O)CC1CCCN1)c1ccc(Cl)cc1. The molecule has 0 amide bonds. The Hall–Kier alpha value is -0.620. The van der Waals surface area contributed by atoms with Crippen LogP contribution in [-0.2, 0) is 10.0 Å². The number of benzene rings is 1. The van der Waals surface area contributed by atoms with E-state index in [2.05, 4.69) is 10.0 Å². The molecule has 1 saturated heterocycles. The zero-order chi connectivity index (χ0) is 13.9. The summed E-state index contributed by atoms with van der Waals surface area (Å²) in [5, 5.41) is 3.84. The van der Waals surface area contributed by atoms with Crippen molar-refractivity contribution < 1.29 is 8.42 Å². The standard InChI is InChI=1S/C13H19ClN2O2S/c1-10(11-4-6-12(14)7-5-11)16-19(17,18)9-13-3-2-8-15-13/h4-7,10,13,15-16H,2-3,8-9H2,1H3. The third-order valence-corrected chi connectivity index (χ3v) is 5.12. The van der Waals surface area contributed by atoms with Crippen LogP contribution in [0.15, 0.2) is 24.3 Å². The minimum absolute atomic E-state index is 0.0786. The number of sulfonamides is 1. The summed E-state index contributed by atoms with van der Waals surface area (Å²) < 4.78 is 26.8. The average molecular weight is 303 g/mol. The van der Waals surface area contributed by atoms with Gasteiger partial charge in [0.25, 0.3) is 0 Å². The first-order chi connectivity index (χ1) is 8.96. The Morgan fingerprint density at radius 3 is 2.68 bits per heavy atom. The highest BCUT2D eigenvalue weighted by atomic mass is 35.5. The van der Waals surface area contributed by atoms with E-state index in [0.717, 1.165) is 24.9 Å². The van der Waals surface area contributed by atoms with E-state index in [1.54, 1.807) is 12.1 Å². The molecule has 1 aromatic rings. The molecule has 19 heavy (non-hydrogen) atoms. The van der Waals surface area contributed by atoms with Gasteiger partial charge in [-0.3, -0.25) is 0 Å². The number of hydrogen-bond acceptors (Lipinski definition) is 3. The first kappa shape index (κ1) is 14.8. The molecule has 0 aromatic heterocycles. The summed E-state index contributed by atoms with van der Waals surface area (Å²) in [6.07, 6.45) is 1.98. The predicted octanol–water partition coefficient (Wildman–Crippen LogP) is 2.07. The van der Waals surface area contributed by atoms with Gasteiger partial charge in [-0.25, -0.2) is 13.1 Å². The summed E-state index contributed by atoms with van der Waals surface area (Å²) in [5.74, 6) is 0.144. The number of nitrogens with one attached hydrogen (secondary N) is 2. The van der Waals surface area contributed by atoms with E-state index < -0.39 is 10.0 Å². The molecule has 4 nitrogen and oxygen atoms in total. The number of halogens is 1. The van der Waals surface area contributed by atoms with Gasteiger partial charge in [-0.2, -0.15) is 0 Å². The molecule has 1 heterocycles. The molecule has 0 radical (unpaired) electrons. The molecule has 6 heteroatoms. The molecule has 2 rings (SSSR count). The summed E-state index contributed by atoms with van der Waals surface area (Å²) in [7, 11) is -3.27. The molecule has 2 unspecified atom stereocenters. The Morgan fingerprint density at radius 2 is 2.11 bits per heavy atom. The van der Waals surface area contributed by atoms with Crippen LogP contribution in [0.25, 0.3) is 0 Å². The highest BCUT2D eigenvalue weighted by Crippen LogP contribution is 2.17. The van der Waals surface area contributed by atoms with Crippen LogP contribution in [0.4, 0.5) is 0 Å². The van der Waals surface area contributed by atoms with Crippen molar-refractivity contribution >= 4 is 21.6 Å². The molecule has 0 aliphatic carbocycles. The Bertz CT molecular complexity index is 510. The second kappa shape index (κ2) is 6.22. The van der Waals surface area contributed by atoms with Crippen molar-refractivity contribution in [1.82, 2.24) is 10.0 Å². The average Bonchev–Trinajstić information content (AvgIpc) is 2.81. The predicted molar refractivity (Wildman–Crippen MR) is 77.8 cm³/mol. The van der Waals surface area contributed by atoms with Gasteiger partial charge in [0.2, 0.25) is 10.0 Å². The van der Waals surface area contributed by atoms with Gasteiger partial charge in [-0.1, -0.05) is 23.7 Å². The fourth-order valence-corrected chi connectivity index (χ4v) is 4.01. The van der Waals surface area contributed by atoms with E-state index in [9.17, 15) is 8.42 Å². The lowest BCUT2D eigenvalue weighted by atomic mass is 10.1. The molecule has 2 N–H and O–H groups in total.